The van der Waals surface area contributed by atoms with Gasteiger partial charge in [-0.2, -0.15) is 13.2 Å². The highest BCUT2D eigenvalue weighted by molar-refractivity contribution is 5.74. The number of carbonyl (C=O) groups is 1. The molecule has 2 unspecified atom stereocenters. The molecule has 1 heterocycles. The van der Waals surface area contributed by atoms with Gasteiger partial charge >= 0.3 is 12.1 Å². The summed E-state index contributed by atoms with van der Waals surface area (Å²) in [4.78, 5) is 13.7. The zero-order valence-electron chi connectivity index (χ0n) is 16.8. The van der Waals surface area contributed by atoms with Crippen molar-refractivity contribution in [3.8, 4) is 11.5 Å². The Morgan fingerprint density at radius 3 is 2.53 bits per heavy atom. The van der Waals surface area contributed by atoms with E-state index in [2.05, 4.69) is 0 Å². The third-order valence-electron chi connectivity index (χ3n) is 5.43. The number of ether oxygens (including phenoxy) is 2. The van der Waals surface area contributed by atoms with Crippen molar-refractivity contribution in [3.63, 3.8) is 0 Å². The lowest BCUT2D eigenvalue weighted by Crippen LogP contribution is -2.47. The van der Waals surface area contributed by atoms with Gasteiger partial charge in [0.05, 0.1) is 25.8 Å². The van der Waals surface area contributed by atoms with Crippen LogP contribution in [0.25, 0.3) is 0 Å². The van der Waals surface area contributed by atoms with Crippen molar-refractivity contribution in [1.29, 1.82) is 0 Å². The van der Waals surface area contributed by atoms with Gasteiger partial charge in [0.15, 0.2) is 0 Å². The van der Waals surface area contributed by atoms with Crippen LogP contribution >= 0.6 is 0 Å². The molecule has 30 heavy (non-hydrogen) atoms. The van der Waals surface area contributed by atoms with Gasteiger partial charge in [0, 0.05) is 11.6 Å². The molecule has 1 N–H and O–H groups in total. The van der Waals surface area contributed by atoms with Crippen LogP contribution < -0.4 is 9.47 Å². The van der Waals surface area contributed by atoms with Gasteiger partial charge in [-0.15, -0.1) is 0 Å². The number of carboxylic acid groups (broad SMARTS) is 1. The maximum Gasteiger partial charge on any atom is 0.416 e. The van der Waals surface area contributed by atoms with E-state index in [-0.39, 0.29) is 0 Å². The Hall–Kier alpha value is -2.74. The number of benzene rings is 2. The van der Waals surface area contributed by atoms with Gasteiger partial charge in [-0.1, -0.05) is 18.6 Å². The number of likely N-dealkylation sites (tertiary alicyclic amines) is 1. The Morgan fingerprint density at radius 2 is 1.90 bits per heavy atom. The number of rotatable bonds is 6. The quantitative estimate of drug-likeness (QED) is 0.727. The fourth-order valence-electron chi connectivity index (χ4n) is 4.01. The van der Waals surface area contributed by atoms with E-state index in [1.54, 1.807) is 29.2 Å². The molecule has 0 saturated carbocycles. The standard InChI is InChI=1S/C22H24F3NO4/c1-29-16-9-10-17(19(13-16)30-2)20(26-11-4-3-8-18(26)21(27)28)14-6-5-7-15(12-14)22(23,24)25/h5-7,9-10,12-13,18,20H,3-4,8,11H2,1-2H3,(H,27,28). The molecule has 1 saturated heterocycles. The Bertz CT molecular complexity index is 900. The molecular weight excluding hydrogens is 399 g/mol. The molecule has 2 aromatic rings. The molecule has 0 amide bonds. The second-order valence-corrected chi connectivity index (χ2v) is 7.22. The number of hydrogen-bond donors (Lipinski definition) is 1. The number of carboxylic acids is 1. The summed E-state index contributed by atoms with van der Waals surface area (Å²) in [6.07, 6.45) is -2.55. The molecule has 1 fully saturated rings. The van der Waals surface area contributed by atoms with Crippen molar-refractivity contribution >= 4 is 5.97 Å². The van der Waals surface area contributed by atoms with Gasteiger partial charge in [0.1, 0.15) is 17.5 Å². The highest BCUT2D eigenvalue weighted by Gasteiger charge is 2.38. The summed E-state index contributed by atoms with van der Waals surface area (Å²) in [6, 6.07) is 8.58. The molecule has 0 radical (unpaired) electrons. The van der Waals surface area contributed by atoms with E-state index in [1.165, 1.54) is 20.3 Å². The Balaban J connectivity index is 2.19. The van der Waals surface area contributed by atoms with E-state index in [4.69, 9.17) is 9.47 Å². The smallest absolute Gasteiger partial charge is 0.416 e. The molecule has 162 valence electrons. The topological polar surface area (TPSA) is 59.0 Å². The number of halogens is 3. The minimum atomic E-state index is -4.50. The van der Waals surface area contributed by atoms with Crippen LogP contribution in [0.1, 0.15) is 42.0 Å². The molecular formula is C22H24F3NO4. The van der Waals surface area contributed by atoms with Gasteiger partial charge in [0.2, 0.25) is 0 Å². The van der Waals surface area contributed by atoms with Gasteiger partial charge in [-0.25, -0.2) is 0 Å². The lowest BCUT2D eigenvalue weighted by molar-refractivity contribution is -0.145. The predicted molar refractivity (Wildman–Crippen MR) is 105 cm³/mol. The molecule has 1 aliphatic heterocycles. The first kappa shape index (κ1) is 22.0. The molecule has 5 nitrogen and oxygen atoms in total. The fraction of sp³-hybridized carbons (Fsp3) is 0.409. The fourth-order valence-corrected chi connectivity index (χ4v) is 4.01. The van der Waals surface area contributed by atoms with Crippen molar-refractivity contribution in [3.05, 3.63) is 59.2 Å². The first-order valence-electron chi connectivity index (χ1n) is 9.64. The molecule has 0 aromatic heterocycles. The zero-order valence-corrected chi connectivity index (χ0v) is 16.8. The summed E-state index contributed by atoms with van der Waals surface area (Å²) in [5.74, 6) is -0.0301. The molecule has 1 aliphatic rings. The second kappa shape index (κ2) is 8.95. The van der Waals surface area contributed by atoms with Crippen LogP contribution in [0, 0.1) is 0 Å². The molecule has 0 spiro atoms. The molecule has 8 heteroatoms. The van der Waals surface area contributed by atoms with Crippen molar-refractivity contribution in [1.82, 2.24) is 4.90 Å². The molecule has 2 atom stereocenters. The highest BCUT2D eigenvalue weighted by atomic mass is 19.4. The SMILES string of the molecule is COc1ccc(C(c2cccc(C(F)(F)F)c2)N2CCCCC2C(=O)O)c(OC)c1. The normalized spacial score (nSPS) is 18.6. The lowest BCUT2D eigenvalue weighted by Gasteiger charge is -2.40. The molecule has 2 aromatic carbocycles. The first-order chi connectivity index (χ1) is 14.3. The maximum atomic E-state index is 13.4. The number of methoxy groups -OCH3 is 2. The highest BCUT2D eigenvalue weighted by Crippen LogP contribution is 2.41. The molecule has 0 bridgehead atoms. The zero-order chi connectivity index (χ0) is 21.9. The van der Waals surface area contributed by atoms with Crippen LogP contribution in [-0.2, 0) is 11.0 Å². The van der Waals surface area contributed by atoms with Crippen LogP contribution in [-0.4, -0.2) is 42.8 Å². The predicted octanol–water partition coefficient (Wildman–Crippen LogP) is 4.75. The molecule has 0 aliphatic carbocycles. The summed E-state index contributed by atoms with van der Waals surface area (Å²) in [7, 11) is 2.97. The van der Waals surface area contributed by atoms with Crippen molar-refractivity contribution < 1.29 is 32.5 Å². The van der Waals surface area contributed by atoms with Gasteiger partial charge in [0.25, 0.3) is 0 Å². The van der Waals surface area contributed by atoms with E-state index in [1.807, 2.05) is 0 Å². The number of nitrogens with zero attached hydrogens (tertiary/aromatic N) is 1. The Labute approximate surface area is 173 Å². The third-order valence-corrected chi connectivity index (χ3v) is 5.43. The van der Waals surface area contributed by atoms with Gasteiger partial charge in [-0.3, -0.25) is 9.69 Å². The second-order valence-electron chi connectivity index (χ2n) is 7.22. The number of alkyl halides is 3. The van der Waals surface area contributed by atoms with E-state index >= 15 is 0 Å². The summed E-state index contributed by atoms with van der Waals surface area (Å²) in [5, 5.41) is 9.77. The first-order valence-corrected chi connectivity index (χ1v) is 9.64. The number of aliphatic carboxylic acids is 1. The Morgan fingerprint density at radius 1 is 1.13 bits per heavy atom. The molecule has 3 rings (SSSR count). The summed E-state index contributed by atoms with van der Waals surface area (Å²) in [5.41, 5.74) is 0.175. The van der Waals surface area contributed by atoms with Crippen LogP contribution in [0.2, 0.25) is 0 Å². The van der Waals surface area contributed by atoms with E-state index in [0.717, 1.165) is 25.0 Å². The minimum absolute atomic E-state index is 0.362. The van der Waals surface area contributed by atoms with E-state index in [0.29, 0.717) is 35.6 Å². The van der Waals surface area contributed by atoms with Crippen molar-refractivity contribution in [2.45, 2.75) is 37.5 Å². The lowest BCUT2D eigenvalue weighted by atomic mass is 9.90. The van der Waals surface area contributed by atoms with Crippen LogP contribution in [0.4, 0.5) is 13.2 Å². The minimum Gasteiger partial charge on any atom is -0.497 e. The van der Waals surface area contributed by atoms with Crippen molar-refractivity contribution in [2.75, 3.05) is 20.8 Å². The summed E-state index contributed by atoms with van der Waals surface area (Å²) < 4.78 is 50.9. The van der Waals surface area contributed by atoms with Gasteiger partial charge in [-0.05, 0) is 49.2 Å². The Kier molecular flexibility index (Phi) is 6.55. The average molecular weight is 423 g/mol. The van der Waals surface area contributed by atoms with Gasteiger partial charge < -0.3 is 14.6 Å². The summed E-state index contributed by atoms with van der Waals surface area (Å²) in [6.45, 7) is 0.451. The largest absolute Gasteiger partial charge is 0.497 e. The average Bonchev–Trinajstić information content (AvgIpc) is 2.74. The summed E-state index contributed by atoms with van der Waals surface area (Å²) >= 11 is 0. The monoisotopic (exact) mass is 423 g/mol. The maximum absolute atomic E-state index is 13.4. The third kappa shape index (κ3) is 4.53. The van der Waals surface area contributed by atoms with Crippen molar-refractivity contribution in [2.24, 2.45) is 0 Å². The number of piperidine rings is 1. The van der Waals surface area contributed by atoms with E-state index in [9.17, 15) is 23.1 Å². The van der Waals surface area contributed by atoms with E-state index < -0.39 is 29.8 Å². The number of hydrogen-bond acceptors (Lipinski definition) is 4. The van der Waals surface area contributed by atoms with Crippen LogP contribution in [0.15, 0.2) is 42.5 Å². The van der Waals surface area contributed by atoms with Crippen LogP contribution in [0.3, 0.4) is 0 Å². The van der Waals surface area contributed by atoms with Crippen LogP contribution in [0.5, 0.6) is 11.5 Å².